The van der Waals surface area contributed by atoms with Crippen molar-refractivity contribution in [3.8, 4) is 55.1 Å². The third-order valence-electron chi connectivity index (χ3n) is 10.7. The number of hydrogen-bond donors (Lipinski definition) is 1. The van der Waals surface area contributed by atoms with Crippen molar-refractivity contribution in [1.82, 2.24) is 4.98 Å². The van der Waals surface area contributed by atoms with E-state index in [4.69, 9.17) is 9.40 Å². The van der Waals surface area contributed by atoms with Gasteiger partial charge >= 0.3 is 0 Å². The normalized spacial score (nSPS) is 13.5. The number of hydrogen-bond acceptors (Lipinski definition) is 4. The Hall–Kier alpha value is -6.75. The highest BCUT2D eigenvalue weighted by Gasteiger charge is 2.31. The van der Waals surface area contributed by atoms with Gasteiger partial charge in [-0.25, -0.2) is 4.98 Å². The molecule has 1 N–H and O–H groups in total. The van der Waals surface area contributed by atoms with E-state index in [9.17, 15) is 0 Å². The van der Waals surface area contributed by atoms with E-state index in [1.807, 2.05) is 12.1 Å². The third-order valence-corrected chi connectivity index (χ3v) is 11.8. The van der Waals surface area contributed by atoms with Gasteiger partial charge in [-0.3, -0.25) is 0 Å². The number of thiazole rings is 1. The molecule has 3 nitrogen and oxygen atoms in total. The lowest BCUT2D eigenvalue weighted by Crippen LogP contribution is -2.18. The molecule has 0 aliphatic carbocycles. The van der Waals surface area contributed by atoms with Gasteiger partial charge < -0.3 is 9.73 Å². The Bertz CT molecular complexity index is 3020. The first-order chi connectivity index (χ1) is 26.7. The topological polar surface area (TPSA) is 38.1 Å². The van der Waals surface area contributed by atoms with Crippen LogP contribution in [-0.2, 0) is 0 Å². The molecule has 0 saturated heterocycles. The molecule has 0 saturated carbocycles. The molecule has 0 bridgehead atoms. The fourth-order valence-corrected chi connectivity index (χ4v) is 9.15. The number of para-hydroxylation sites is 2. The van der Waals surface area contributed by atoms with Gasteiger partial charge in [0.1, 0.15) is 16.2 Å². The summed E-state index contributed by atoms with van der Waals surface area (Å²) in [5, 5.41) is 7.26. The molecule has 3 heterocycles. The summed E-state index contributed by atoms with van der Waals surface area (Å²) in [6, 6.07) is 65.0. The van der Waals surface area contributed by atoms with E-state index in [-0.39, 0.29) is 6.04 Å². The van der Waals surface area contributed by atoms with Gasteiger partial charge in [0.25, 0.3) is 0 Å². The van der Waals surface area contributed by atoms with Crippen LogP contribution in [0.25, 0.3) is 87.2 Å². The van der Waals surface area contributed by atoms with E-state index in [0.717, 1.165) is 43.7 Å². The van der Waals surface area contributed by atoms with Gasteiger partial charge in [-0.15, -0.1) is 11.3 Å². The predicted octanol–water partition coefficient (Wildman–Crippen LogP) is 14.0. The second-order valence-electron chi connectivity index (χ2n) is 13.9. The van der Waals surface area contributed by atoms with E-state index in [1.54, 1.807) is 11.3 Å². The maximum Gasteiger partial charge on any atom is 0.136 e. The number of benzene rings is 8. The quantitative estimate of drug-likeness (QED) is 0.193. The first-order valence-electron chi connectivity index (χ1n) is 18.3. The maximum absolute atomic E-state index is 6.59. The van der Waals surface area contributed by atoms with Crippen LogP contribution in [-0.4, -0.2) is 4.98 Å². The Kier molecular flexibility index (Phi) is 7.10. The lowest BCUT2D eigenvalue weighted by atomic mass is 9.80. The van der Waals surface area contributed by atoms with Crippen LogP contribution in [0.5, 0.6) is 0 Å². The number of fused-ring (bicyclic) bond motifs is 7. The standard InChI is InChI=1S/C50H32N2OS/c1-3-12-32(13-4-1)46-47-38-18-7-9-20-41(38)51-49(40(47)30-44-48(46)39-19-8-10-21-43(39)53-44)33-24-22-31(23-25-33)35-16-11-17-36(28-35)37-26-27-45-42(29-37)52-50(54-45)34-14-5-2-6-15-34/h1-30,49,51H. The molecule has 0 fully saturated rings. The number of anilines is 1. The fourth-order valence-electron chi connectivity index (χ4n) is 8.20. The van der Waals surface area contributed by atoms with E-state index in [1.165, 1.54) is 60.3 Å². The van der Waals surface area contributed by atoms with E-state index >= 15 is 0 Å². The van der Waals surface area contributed by atoms with Gasteiger partial charge in [-0.05, 0) is 80.9 Å². The van der Waals surface area contributed by atoms with Crippen LogP contribution in [0.1, 0.15) is 17.2 Å². The molecule has 1 atom stereocenters. The molecule has 54 heavy (non-hydrogen) atoms. The lowest BCUT2D eigenvalue weighted by Gasteiger charge is -2.32. The Morgan fingerprint density at radius 3 is 2.00 bits per heavy atom. The monoisotopic (exact) mass is 708 g/mol. The average molecular weight is 709 g/mol. The van der Waals surface area contributed by atoms with Gasteiger partial charge in [0.2, 0.25) is 0 Å². The Morgan fingerprint density at radius 2 is 1.17 bits per heavy atom. The van der Waals surface area contributed by atoms with Crippen molar-refractivity contribution in [1.29, 1.82) is 0 Å². The van der Waals surface area contributed by atoms with Crippen LogP contribution in [0.4, 0.5) is 5.69 Å². The zero-order chi connectivity index (χ0) is 35.6. The second-order valence-corrected chi connectivity index (χ2v) is 15.0. The van der Waals surface area contributed by atoms with Gasteiger partial charge in [0.05, 0.1) is 16.3 Å². The van der Waals surface area contributed by atoms with Crippen molar-refractivity contribution in [2.45, 2.75) is 6.04 Å². The van der Waals surface area contributed by atoms with Crippen molar-refractivity contribution in [3.63, 3.8) is 0 Å². The summed E-state index contributed by atoms with van der Waals surface area (Å²) in [6.45, 7) is 0. The molecule has 1 aliphatic rings. The summed E-state index contributed by atoms with van der Waals surface area (Å²) in [5.74, 6) is 0. The Balaban J connectivity index is 0.994. The molecule has 10 aromatic rings. The van der Waals surface area contributed by atoms with Crippen molar-refractivity contribution in [2.24, 2.45) is 0 Å². The fraction of sp³-hybridized carbons (Fsp3) is 0.0200. The molecular formula is C50H32N2OS. The largest absolute Gasteiger partial charge is 0.456 e. The SMILES string of the molecule is c1ccc(-c2nc3cc(-c4cccc(-c5ccc(C6Nc7ccccc7-c7c6cc6oc8ccccc8c6c7-c6ccccc6)cc5)c4)ccc3s2)cc1. The van der Waals surface area contributed by atoms with Crippen LogP contribution < -0.4 is 5.32 Å². The smallest absolute Gasteiger partial charge is 0.136 e. The number of rotatable bonds is 5. The average Bonchev–Trinajstić information content (AvgIpc) is 3.85. The summed E-state index contributed by atoms with van der Waals surface area (Å²) >= 11 is 1.74. The van der Waals surface area contributed by atoms with Gasteiger partial charge in [0.15, 0.2) is 0 Å². The third kappa shape index (κ3) is 5.07. The van der Waals surface area contributed by atoms with Crippen LogP contribution in [0.3, 0.4) is 0 Å². The van der Waals surface area contributed by atoms with Crippen molar-refractivity contribution < 1.29 is 4.42 Å². The molecule has 254 valence electrons. The molecule has 4 heteroatoms. The van der Waals surface area contributed by atoms with Crippen molar-refractivity contribution >= 4 is 49.2 Å². The number of furan rings is 1. The summed E-state index contributed by atoms with van der Waals surface area (Å²) in [7, 11) is 0. The highest BCUT2D eigenvalue weighted by molar-refractivity contribution is 7.21. The minimum Gasteiger partial charge on any atom is -0.456 e. The zero-order valence-corrected chi connectivity index (χ0v) is 30.0. The van der Waals surface area contributed by atoms with Crippen LogP contribution in [0.2, 0.25) is 0 Å². The molecule has 0 spiro atoms. The molecule has 0 amide bonds. The number of aromatic nitrogens is 1. The zero-order valence-electron chi connectivity index (χ0n) is 29.2. The van der Waals surface area contributed by atoms with E-state index < -0.39 is 0 Å². The minimum absolute atomic E-state index is 0.0685. The molecule has 1 aliphatic heterocycles. The summed E-state index contributed by atoms with van der Waals surface area (Å²) in [6.07, 6.45) is 0. The summed E-state index contributed by atoms with van der Waals surface area (Å²) in [4.78, 5) is 4.99. The van der Waals surface area contributed by atoms with Crippen LogP contribution in [0.15, 0.2) is 186 Å². The molecule has 2 aromatic heterocycles. The predicted molar refractivity (Wildman–Crippen MR) is 226 cm³/mol. The highest BCUT2D eigenvalue weighted by Crippen LogP contribution is 2.52. The van der Waals surface area contributed by atoms with Gasteiger partial charge in [-0.2, -0.15) is 0 Å². The number of nitrogens with zero attached hydrogens (tertiary/aromatic N) is 1. The highest BCUT2D eigenvalue weighted by atomic mass is 32.1. The molecule has 11 rings (SSSR count). The Labute approximate surface area is 316 Å². The summed E-state index contributed by atoms with van der Waals surface area (Å²) in [5.41, 5.74) is 17.1. The Morgan fingerprint density at radius 1 is 0.500 bits per heavy atom. The second kappa shape index (κ2) is 12.4. The van der Waals surface area contributed by atoms with Crippen molar-refractivity contribution in [3.05, 3.63) is 193 Å². The lowest BCUT2D eigenvalue weighted by molar-refractivity contribution is 0.668. The first-order valence-corrected chi connectivity index (χ1v) is 19.1. The molecule has 1 unspecified atom stereocenters. The molecular weight excluding hydrogens is 677 g/mol. The van der Waals surface area contributed by atoms with Crippen LogP contribution >= 0.6 is 11.3 Å². The molecule has 8 aromatic carbocycles. The molecule has 0 radical (unpaired) electrons. The van der Waals surface area contributed by atoms with Crippen molar-refractivity contribution in [2.75, 3.05) is 5.32 Å². The first kappa shape index (κ1) is 30.8. The minimum atomic E-state index is -0.0685. The van der Waals surface area contributed by atoms with E-state index in [0.29, 0.717) is 0 Å². The maximum atomic E-state index is 6.59. The summed E-state index contributed by atoms with van der Waals surface area (Å²) < 4.78 is 7.79. The van der Waals surface area contributed by atoms with Crippen LogP contribution in [0, 0.1) is 0 Å². The van der Waals surface area contributed by atoms with E-state index in [2.05, 4.69) is 175 Å². The number of nitrogens with one attached hydrogen (secondary N) is 1. The van der Waals surface area contributed by atoms with Gasteiger partial charge in [0, 0.05) is 33.2 Å². The van der Waals surface area contributed by atoms with Gasteiger partial charge in [-0.1, -0.05) is 146 Å².